The first-order valence-corrected chi connectivity index (χ1v) is 8.82. The van der Waals surface area contributed by atoms with Crippen molar-refractivity contribution in [2.75, 3.05) is 6.54 Å². The van der Waals surface area contributed by atoms with Crippen molar-refractivity contribution in [3.05, 3.63) is 28.0 Å². The van der Waals surface area contributed by atoms with Crippen molar-refractivity contribution < 1.29 is 12.8 Å². The van der Waals surface area contributed by atoms with Crippen molar-refractivity contribution in [2.45, 2.75) is 30.2 Å². The average molecular weight is 371 g/mol. The third kappa shape index (κ3) is 3.17. The van der Waals surface area contributed by atoms with E-state index in [4.69, 9.17) is 41.2 Å². The number of halogens is 3. The Morgan fingerprint density at radius 1 is 1.38 bits per heavy atom. The molecule has 1 unspecified atom stereocenters. The molecule has 0 saturated carbocycles. The standard InChI is InChI=1S/C12H13Cl2FN2O2S2/c13-7-4-5-9(10(14)11(7)15)21(18,19)17-6-2-1-3-8(17)12(16)20/h4-5,8H,1-3,6H2,(H2,16,20). The Morgan fingerprint density at radius 2 is 2.05 bits per heavy atom. The third-order valence-electron chi connectivity index (χ3n) is 3.37. The zero-order chi connectivity index (χ0) is 15.8. The molecule has 0 aliphatic carbocycles. The number of rotatable bonds is 3. The van der Waals surface area contributed by atoms with E-state index in [0.717, 1.165) is 12.5 Å². The second kappa shape index (κ2) is 6.34. The highest BCUT2D eigenvalue weighted by atomic mass is 35.5. The van der Waals surface area contributed by atoms with Gasteiger partial charge in [-0.1, -0.05) is 41.8 Å². The smallest absolute Gasteiger partial charge is 0.245 e. The molecule has 4 nitrogen and oxygen atoms in total. The Bertz CT molecular complexity index is 682. The monoisotopic (exact) mass is 370 g/mol. The van der Waals surface area contributed by atoms with Crippen LogP contribution in [0.15, 0.2) is 17.0 Å². The van der Waals surface area contributed by atoms with Gasteiger partial charge in [-0.3, -0.25) is 0 Å². The van der Waals surface area contributed by atoms with Crippen molar-refractivity contribution >= 4 is 50.4 Å². The van der Waals surface area contributed by atoms with Gasteiger partial charge in [0, 0.05) is 6.54 Å². The van der Waals surface area contributed by atoms with Crippen LogP contribution in [-0.2, 0) is 10.0 Å². The van der Waals surface area contributed by atoms with Crippen molar-refractivity contribution in [2.24, 2.45) is 5.73 Å². The summed E-state index contributed by atoms with van der Waals surface area (Å²) >= 11 is 16.3. The normalized spacial score (nSPS) is 20.4. The Labute approximate surface area is 138 Å². The summed E-state index contributed by atoms with van der Waals surface area (Å²) in [5, 5.41) is -0.752. The van der Waals surface area contributed by atoms with Gasteiger partial charge < -0.3 is 5.73 Å². The van der Waals surface area contributed by atoms with Crippen LogP contribution in [0.5, 0.6) is 0 Å². The van der Waals surface area contributed by atoms with E-state index in [9.17, 15) is 12.8 Å². The molecule has 1 aromatic carbocycles. The fraction of sp³-hybridized carbons (Fsp3) is 0.417. The fourth-order valence-electron chi connectivity index (χ4n) is 2.31. The zero-order valence-electron chi connectivity index (χ0n) is 10.9. The Balaban J connectivity index is 2.51. The number of piperidine rings is 1. The zero-order valence-corrected chi connectivity index (χ0v) is 14.0. The number of hydrogen-bond acceptors (Lipinski definition) is 3. The van der Waals surface area contributed by atoms with E-state index in [0.29, 0.717) is 12.8 Å². The second-order valence-corrected chi connectivity index (χ2v) is 7.82. The van der Waals surface area contributed by atoms with E-state index < -0.39 is 26.9 Å². The van der Waals surface area contributed by atoms with Crippen molar-refractivity contribution in [1.29, 1.82) is 0 Å². The van der Waals surface area contributed by atoms with Crippen LogP contribution in [0, 0.1) is 5.82 Å². The lowest BCUT2D eigenvalue weighted by molar-refractivity contribution is 0.306. The van der Waals surface area contributed by atoms with Crippen LogP contribution < -0.4 is 5.73 Å². The lowest BCUT2D eigenvalue weighted by Gasteiger charge is -2.34. The van der Waals surface area contributed by atoms with Crippen LogP contribution in [0.25, 0.3) is 0 Å². The summed E-state index contributed by atoms with van der Waals surface area (Å²) in [6.45, 7) is 0.269. The van der Waals surface area contributed by atoms with Crippen LogP contribution in [0.3, 0.4) is 0 Å². The van der Waals surface area contributed by atoms with Crippen molar-refractivity contribution in [3.8, 4) is 0 Å². The Kier molecular flexibility index (Phi) is 5.10. The number of benzene rings is 1. The van der Waals surface area contributed by atoms with Gasteiger partial charge in [-0.05, 0) is 25.0 Å². The Hall–Kier alpha value is -0.470. The minimum absolute atomic E-state index is 0.101. The van der Waals surface area contributed by atoms with Crippen molar-refractivity contribution in [1.82, 2.24) is 4.31 Å². The molecule has 1 fully saturated rings. The number of sulfonamides is 1. The molecular formula is C12H13Cl2FN2O2S2. The van der Waals surface area contributed by atoms with Gasteiger partial charge in [-0.25, -0.2) is 12.8 Å². The quantitative estimate of drug-likeness (QED) is 0.656. The average Bonchev–Trinajstić information content (AvgIpc) is 2.44. The minimum Gasteiger partial charge on any atom is -0.392 e. The molecule has 0 bridgehead atoms. The van der Waals surface area contributed by atoms with Gasteiger partial charge in [-0.2, -0.15) is 4.31 Å². The first-order valence-electron chi connectivity index (χ1n) is 6.21. The first kappa shape index (κ1) is 16.9. The summed E-state index contributed by atoms with van der Waals surface area (Å²) in [6.07, 6.45) is 2.06. The first-order chi connectivity index (χ1) is 9.76. The lowest BCUT2D eigenvalue weighted by Crippen LogP contribution is -2.49. The summed E-state index contributed by atoms with van der Waals surface area (Å²) in [5.41, 5.74) is 5.62. The highest BCUT2D eigenvalue weighted by molar-refractivity contribution is 7.89. The van der Waals surface area contributed by atoms with E-state index in [1.807, 2.05) is 0 Å². The predicted octanol–water partition coefficient (Wildman–Crippen LogP) is 2.96. The number of hydrogen-bond donors (Lipinski definition) is 1. The van der Waals surface area contributed by atoms with Gasteiger partial charge in [0.05, 0.1) is 21.1 Å². The molecule has 2 rings (SSSR count). The van der Waals surface area contributed by atoms with Gasteiger partial charge in [0.2, 0.25) is 10.0 Å². The lowest BCUT2D eigenvalue weighted by atomic mass is 10.1. The highest BCUT2D eigenvalue weighted by Crippen LogP contribution is 2.33. The molecule has 2 N–H and O–H groups in total. The third-order valence-corrected chi connectivity index (χ3v) is 6.36. The van der Waals surface area contributed by atoms with Gasteiger partial charge in [-0.15, -0.1) is 0 Å². The van der Waals surface area contributed by atoms with Gasteiger partial charge in [0.25, 0.3) is 0 Å². The molecule has 1 heterocycles. The van der Waals surface area contributed by atoms with Gasteiger partial charge in [0.15, 0.2) is 5.82 Å². The molecule has 1 aliphatic heterocycles. The molecular weight excluding hydrogens is 358 g/mol. The summed E-state index contributed by atoms with van der Waals surface area (Å²) in [6, 6.07) is 1.78. The Morgan fingerprint density at radius 3 is 2.67 bits per heavy atom. The van der Waals surface area contributed by atoms with E-state index in [1.165, 1.54) is 10.4 Å². The number of nitrogens with two attached hydrogens (primary N) is 1. The maximum absolute atomic E-state index is 13.7. The molecule has 0 amide bonds. The van der Waals surface area contributed by atoms with E-state index in [-0.39, 0.29) is 21.5 Å². The molecule has 1 aliphatic rings. The topological polar surface area (TPSA) is 63.4 Å². The molecule has 1 atom stereocenters. The molecule has 21 heavy (non-hydrogen) atoms. The van der Waals surface area contributed by atoms with Gasteiger partial charge >= 0.3 is 0 Å². The second-order valence-electron chi connectivity index (χ2n) is 4.70. The molecule has 0 radical (unpaired) electrons. The van der Waals surface area contributed by atoms with E-state index >= 15 is 0 Å². The number of thiocarbonyl (C=S) groups is 1. The largest absolute Gasteiger partial charge is 0.392 e. The highest BCUT2D eigenvalue weighted by Gasteiger charge is 2.36. The summed E-state index contributed by atoms with van der Waals surface area (Å²) < 4.78 is 40.3. The summed E-state index contributed by atoms with van der Waals surface area (Å²) in [4.78, 5) is -0.224. The van der Waals surface area contributed by atoms with Crippen molar-refractivity contribution in [3.63, 3.8) is 0 Å². The maximum Gasteiger partial charge on any atom is 0.245 e. The predicted molar refractivity (Wildman–Crippen MR) is 84.7 cm³/mol. The SMILES string of the molecule is NC(=S)C1CCCCN1S(=O)(=O)c1ccc(Cl)c(F)c1Cl. The minimum atomic E-state index is -3.99. The van der Waals surface area contributed by atoms with E-state index in [2.05, 4.69) is 0 Å². The number of nitrogens with zero attached hydrogens (tertiary/aromatic N) is 1. The fourth-order valence-corrected chi connectivity index (χ4v) is 5.02. The van der Waals surface area contributed by atoms with Crippen LogP contribution in [-0.4, -0.2) is 30.3 Å². The summed E-state index contributed by atoms with van der Waals surface area (Å²) in [5.74, 6) is -0.955. The molecule has 0 aromatic heterocycles. The van der Waals surface area contributed by atoms with Crippen LogP contribution in [0.4, 0.5) is 4.39 Å². The molecule has 1 saturated heterocycles. The van der Waals surface area contributed by atoms with Crippen LogP contribution in [0.2, 0.25) is 10.0 Å². The summed E-state index contributed by atoms with van der Waals surface area (Å²) in [7, 11) is -3.99. The van der Waals surface area contributed by atoms with E-state index in [1.54, 1.807) is 0 Å². The van der Waals surface area contributed by atoms with Gasteiger partial charge in [0.1, 0.15) is 4.90 Å². The van der Waals surface area contributed by atoms with Crippen LogP contribution in [0.1, 0.15) is 19.3 Å². The molecule has 116 valence electrons. The molecule has 0 spiro atoms. The molecule has 1 aromatic rings. The molecule has 9 heteroatoms. The maximum atomic E-state index is 13.7. The van der Waals surface area contributed by atoms with Crippen LogP contribution >= 0.6 is 35.4 Å².